The molecule has 1 aromatic heterocycles. The number of benzene rings is 2. The lowest BCUT2D eigenvalue weighted by molar-refractivity contribution is -0.133. The van der Waals surface area contributed by atoms with Crippen LogP contribution in [0.3, 0.4) is 0 Å². The van der Waals surface area contributed by atoms with Gasteiger partial charge in [-0.3, -0.25) is 4.79 Å². The second-order valence-corrected chi connectivity index (χ2v) is 9.82. The van der Waals surface area contributed by atoms with Crippen molar-refractivity contribution in [2.75, 3.05) is 31.1 Å². The van der Waals surface area contributed by atoms with Gasteiger partial charge in [0.2, 0.25) is 5.91 Å². The normalized spacial score (nSPS) is 15.1. The van der Waals surface area contributed by atoms with Gasteiger partial charge in [-0.25, -0.2) is 14.8 Å². The number of aryl methyl sites for hydroxylation is 1. The van der Waals surface area contributed by atoms with Gasteiger partial charge < -0.3 is 19.9 Å². The Labute approximate surface area is 206 Å². The highest BCUT2D eigenvalue weighted by Crippen LogP contribution is 2.21. The van der Waals surface area contributed by atoms with Crippen molar-refractivity contribution in [2.24, 2.45) is 0 Å². The van der Waals surface area contributed by atoms with Crippen LogP contribution in [0.4, 0.5) is 10.6 Å². The number of nitrogens with one attached hydrogen (secondary N) is 1. The molecule has 2 aromatic carbocycles. The number of aromatic nitrogens is 2. The maximum Gasteiger partial charge on any atom is 0.408 e. The van der Waals surface area contributed by atoms with Crippen molar-refractivity contribution >= 4 is 28.9 Å². The van der Waals surface area contributed by atoms with Crippen molar-refractivity contribution in [2.45, 2.75) is 45.8 Å². The van der Waals surface area contributed by atoms with E-state index in [1.165, 1.54) is 0 Å². The number of ether oxygens (including phenoxy) is 1. The fraction of sp³-hybridized carbons (Fsp3) is 0.407. The van der Waals surface area contributed by atoms with Crippen molar-refractivity contribution in [1.29, 1.82) is 0 Å². The van der Waals surface area contributed by atoms with Gasteiger partial charge in [-0.2, -0.15) is 0 Å². The van der Waals surface area contributed by atoms with Crippen LogP contribution in [-0.4, -0.2) is 64.7 Å². The zero-order chi connectivity index (χ0) is 25.0. The minimum absolute atomic E-state index is 0.110. The number of rotatable bonds is 5. The first kappa shape index (κ1) is 24.4. The molecule has 1 N–H and O–H groups in total. The quantitative estimate of drug-likeness (QED) is 0.605. The maximum atomic E-state index is 13.5. The summed E-state index contributed by atoms with van der Waals surface area (Å²) in [6, 6.07) is 16.8. The highest BCUT2D eigenvalue weighted by atomic mass is 16.6. The molecule has 1 aliphatic rings. The summed E-state index contributed by atoms with van der Waals surface area (Å²) in [5.74, 6) is 0.740. The lowest BCUT2D eigenvalue weighted by Gasteiger charge is -2.37. The van der Waals surface area contributed by atoms with Gasteiger partial charge >= 0.3 is 6.09 Å². The summed E-state index contributed by atoms with van der Waals surface area (Å²) in [7, 11) is 0. The smallest absolute Gasteiger partial charge is 0.408 e. The Morgan fingerprint density at radius 1 is 0.943 bits per heavy atom. The van der Waals surface area contributed by atoms with Gasteiger partial charge in [-0.05, 0) is 45.4 Å². The Morgan fingerprint density at radius 3 is 2.17 bits per heavy atom. The average molecular weight is 476 g/mol. The van der Waals surface area contributed by atoms with Crippen LogP contribution in [0.25, 0.3) is 11.0 Å². The van der Waals surface area contributed by atoms with Crippen LogP contribution in [0, 0.1) is 6.92 Å². The van der Waals surface area contributed by atoms with E-state index in [0.717, 1.165) is 28.1 Å². The molecule has 3 aromatic rings. The Balaban J connectivity index is 1.45. The van der Waals surface area contributed by atoms with E-state index in [0.29, 0.717) is 32.6 Å². The first-order valence-electron chi connectivity index (χ1n) is 12.0. The molecule has 35 heavy (non-hydrogen) atoms. The Bertz CT molecular complexity index is 1180. The van der Waals surface area contributed by atoms with Crippen LogP contribution in [0.2, 0.25) is 0 Å². The SMILES string of the molecule is Cc1nc2ccccc2nc1N1CCN(C(=O)C(Cc2ccccc2)NC(=O)OC(C)(C)C)CC1. The summed E-state index contributed by atoms with van der Waals surface area (Å²) in [5, 5.41) is 2.80. The third kappa shape index (κ3) is 6.26. The van der Waals surface area contributed by atoms with Crippen LogP contribution in [0.1, 0.15) is 32.0 Å². The molecular weight excluding hydrogens is 442 g/mol. The van der Waals surface area contributed by atoms with Crippen molar-refractivity contribution in [3.63, 3.8) is 0 Å². The number of hydrogen-bond donors (Lipinski definition) is 1. The summed E-state index contributed by atoms with van der Waals surface area (Å²) in [6.07, 6.45) is -0.193. The number of hydrogen-bond acceptors (Lipinski definition) is 6. The van der Waals surface area contributed by atoms with Crippen LogP contribution >= 0.6 is 0 Å². The maximum absolute atomic E-state index is 13.5. The zero-order valence-electron chi connectivity index (χ0n) is 20.8. The molecule has 1 unspecified atom stereocenters. The molecular formula is C27H33N5O3. The van der Waals surface area contributed by atoms with Crippen molar-refractivity contribution in [3.8, 4) is 0 Å². The number of piperazine rings is 1. The van der Waals surface area contributed by atoms with E-state index in [1.807, 2.05) is 66.4 Å². The summed E-state index contributed by atoms with van der Waals surface area (Å²) in [6.45, 7) is 9.73. The number of anilines is 1. The molecule has 0 radical (unpaired) electrons. The summed E-state index contributed by atoms with van der Waals surface area (Å²) in [4.78, 5) is 39.5. The fourth-order valence-corrected chi connectivity index (χ4v) is 4.24. The zero-order valence-corrected chi connectivity index (χ0v) is 20.8. The molecule has 1 fully saturated rings. The molecule has 1 atom stereocenters. The van der Waals surface area contributed by atoms with Crippen molar-refractivity contribution < 1.29 is 14.3 Å². The average Bonchev–Trinajstić information content (AvgIpc) is 2.82. The summed E-state index contributed by atoms with van der Waals surface area (Å²) in [5.41, 5.74) is 2.93. The van der Waals surface area contributed by atoms with Gasteiger partial charge in [-0.15, -0.1) is 0 Å². The predicted octanol–water partition coefficient (Wildman–Crippen LogP) is 3.72. The van der Waals surface area contributed by atoms with Gasteiger partial charge in [0, 0.05) is 32.6 Å². The standard InChI is InChI=1S/C27H33N5O3/c1-19-24(29-22-13-9-8-12-21(22)28-19)31-14-16-32(17-15-31)25(33)23(18-20-10-6-5-7-11-20)30-26(34)35-27(2,3)4/h5-13,23H,14-18H2,1-4H3,(H,30,34). The molecule has 0 spiro atoms. The molecule has 4 rings (SSSR count). The molecule has 8 heteroatoms. The number of carbonyl (C=O) groups is 2. The number of amides is 2. The van der Waals surface area contributed by atoms with E-state index in [2.05, 4.69) is 10.2 Å². The Kier molecular flexibility index (Phi) is 7.19. The molecule has 1 aliphatic heterocycles. The van der Waals surface area contributed by atoms with Gasteiger partial charge in [0.1, 0.15) is 11.6 Å². The van der Waals surface area contributed by atoms with Crippen LogP contribution in [0.5, 0.6) is 0 Å². The Morgan fingerprint density at radius 2 is 1.54 bits per heavy atom. The van der Waals surface area contributed by atoms with Gasteiger partial charge in [0.15, 0.2) is 5.82 Å². The Hall–Kier alpha value is -3.68. The van der Waals surface area contributed by atoms with Crippen molar-refractivity contribution in [1.82, 2.24) is 20.2 Å². The van der Waals surface area contributed by atoms with Crippen LogP contribution in [-0.2, 0) is 16.0 Å². The van der Waals surface area contributed by atoms with Gasteiger partial charge in [0.25, 0.3) is 0 Å². The fourth-order valence-electron chi connectivity index (χ4n) is 4.24. The molecule has 8 nitrogen and oxygen atoms in total. The topological polar surface area (TPSA) is 87.7 Å². The first-order chi connectivity index (χ1) is 16.7. The minimum Gasteiger partial charge on any atom is -0.444 e. The van der Waals surface area contributed by atoms with E-state index >= 15 is 0 Å². The van der Waals surface area contributed by atoms with Gasteiger partial charge in [0.05, 0.1) is 16.7 Å². The number of fused-ring (bicyclic) bond motifs is 1. The number of alkyl carbamates (subject to hydrolysis) is 1. The number of nitrogens with zero attached hydrogens (tertiary/aromatic N) is 4. The van der Waals surface area contributed by atoms with Gasteiger partial charge in [-0.1, -0.05) is 42.5 Å². The van der Waals surface area contributed by atoms with Crippen LogP contribution < -0.4 is 10.2 Å². The third-order valence-corrected chi connectivity index (χ3v) is 5.88. The van der Waals surface area contributed by atoms with E-state index in [9.17, 15) is 9.59 Å². The lowest BCUT2D eigenvalue weighted by Crippen LogP contribution is -2.56. The highest BCUT2D eigenvalue weighted by Gasteiger charge is 2.31. The first-order valence-corrected chi connectivity index (χ1v) is 12.0. The second-order valence-electron chi connectivity index (χ2n) is 9.82. The highest BCUT2D eigenvalue weighted by molar-refractivity contribution is 5.86. The van der Waals surface area contributed by atoms with E-state index in [1.54, 1.807) is 20.8 Å². The number of para-hydroxylation sites is 2. The molecule has 0 bridgehead atoms. The summed E-state index contributed by atoms with van der Waals surface area (Å²) >= 11 is 0. The molecule has 0 saturated carbocycles. The third-order valence-electron chi connectivity index (χ3n) is 5.88. The van der Waals surface area contributed by atoms with E-state index < -0.39 is 17.7 Å². The molecule has 184 valence electrons. The molecule has 0 aliphatic carbocycles. The van der Waals surface area contributed by atoms with E-state index in [-0.39, 0.29) is 5.91 Å². The van der Waals surface area contributed by atoms with Crippen LogP contribution in [0.15, 0.2) is 54.6 Å². The number of carbonyl (C=O) groups excluding carboxylic acids is 2. The largest absolute Gasteiger partial charge is 0.444 e. The minimum atomic E-state index is -0.707. The van der Waals surface area contributed by atoms with E-state index in [4.69, 9.17) is 14.7 Å². The lowest BCUT2D eigenvalue weighted by atomic mass is 10.0. The van der Waals surface area contributed by atoms with Crippen molar-refractivity contribution in [3.05, 3.63) is 65.9 Å². The predicted molar refractivity (Wildman–Crippen MR) is 136 cm³/mol. The molecule has 2 heterocycles. The second kappa shape index (κ2) is 10.3. The summed E-state index contributed by atoms with van der Waals surface area (Å²) < 4.78 is 5.42. The molecule has 2 amide bonds. The monoisotopic (exact) mass is 475 g/mol. The molecule has 1 saturated heterocycles.